The topological polar surface area (TPSA) is 33.5 Å². The van der Waals surface area contributed by atoms with Crippen LogP contribution in [-0.4, -0.2) is 30.3 Å². The summed E-state index contributed by atoms with van der Waals surface area (Å²) in [6, 6.07) is 1.75. The molecule has 0 aliphatic rings. The van der Waals surface area contributed by atoms with Crippen LogP contribution in [0.1, 0.15) is 21.9 Å². The van der Waals surface area contributed by atoms with Gasteiger partial charge in [-0.25, -0.2) is 0 Å². The van der Waals surface area contributed by atoms with Crippen molar-refractivity contribution in [2.45, 2.75) is 13.8 Å². The lowest BCUT2D eigenvalue weighted by Crippen LogP contribution is -2.28. The molecular weight excluding hydrogens is 202 g/mol. The molecule has 0 saturated carbocycles. The Balaban J connectivity index is 2.83. The number of aryl methyl sites for hydroxylation is 2. The minimum absolute atomic E-state index is 0.0417. The maximum atomic E-state index is 11.8. The van der Waals surface area contributed by atoms with Crippen LogP contribution in [0.2, 0.25) is 0 Å². The van der Waals surface area contributed by atoms with Crippen LogP contribution in [0, 0.1) is 13.8 Å². The Kier molecular flexibility index (Phi) is 3.58. The van der Waals surface area contributed by atoms with E-state index in [0.29, 0.717) is 23.7 Å². The van der Waals surface area contributed by atoms with Crippen LogP contribution < -0.4 is 0 Å². The number of halogens is 1. The first-order valence-electron chi connectivity index (χ1n) is 4.44. The highest BCUT2D eigenvalue weighted by atomic mass is 35.5. The average molecular weight is 216 g/mol. The number of alkyl halides is 1. The molecule has 0 aromatic carbocycles. The first-order chi connectivity index (χ1) is 6.56. The highest BCUT2D eigenvalue weighted by molar-refractivity contribution is 6.18. The lowest BCUT2D eigenvalue weighted by Gasteiger charge is -2.14. The molecule has 0 N–H and O–H groups in total. The number of hydrogen-bond donors (Lipinski definition) is 0. The first-order valence-corrected chi connectivity index (χ1v) is 4.98. The molecule has 0 saturated heterocycles. The zero-order chi connectivity index (χ0) is 10.7. The SMILES string of the molecule is Cc1cc(C(=O)N(C)CCCl)c(C)o1. The molecule has 0 bridgehead atoms. The molecule has 0 fully saturated rings. The van der Waals surface area contributed by atoms with Gasteiger partial charge in [0.15, 0.2) is 0 Å². The fourth-order valence-corrected chi connectivity index (χ4v) is 1.53. The van der Waals surface area contributed by atoms with E-state index >= 15 is 0 Å². The lowest BCUT2D eigenvalue weighted by atomic mass is 10.2. The van der Waals surface area contributed by atoms with Gasteiger partial charge in [-0.3, -0.25) is 4.79 Å². The Morgan fingerprint density at radius 2 is 2.21 bits per heavy atom. The van der Waals surface area contributed by atoms with Crippen molar-refractivity contribution in [1.82, 2.24) is 4.90 Å². The van der Waals surface area contributed by atoms with Gasteiger partial charge in [-0.05, 0) is 19.9 Å². The molecule has 14 heavy (non-hydrogen) atoms. The summed E-state index contributed by atoms with van der Waals surface area (Å²) >= 11 is 5.56. The smallest absolute Gasteiger partial charge is 0.257 e. The molecule has 4 heteroatoms. The van der Waals surface area contributed by atoms with Crippen LogP contribution in [-0.2, 0) is 0 Å². The Hall–Kier alpha value is -0.960. The molecule has 0 atom stereocenters. The number of amides is 1. The van der Waals surface area contributed by atoms with E-state index in [1.165, 1.54) is 0 Å². The van der Waals surface area contributed by atoms with Gasteiger partial charge in [-0.1, -0.05) is 0 Å². The van der Waals surface area contributed by atoms with Crippen molar-refractivity contribution in [3.63, 3.8) is 0 Å². The van der Waals surface area contributed by atoms with Crippen molar-refractivity contribution < 1.29 is 9.21 Å². The molecule has 1 heterocycles. The van der Waals surface area contributed by atoms with Gasteiger partial charge in [0.2, 0.25) is 0 Å². The zero-order valence-electron chi connectivity index (χ0n) is 8.63. The molecule has 1 rings (SSSR count). The van der Waals surface area contributed by atoms with Crippen molar-refractivity contribution in [1.29, 1.82) is 0 Å². The van der Waals surface area contributed by atoms with E-state index in [-0.39, 0.29) is 5.91 Å². The second-order valence-corrected chi connectivity index (χ2v) is 3.62. The maximum Gasteiger partial charge on any atom is 0.257 e. The summed E-state index contributed by atoms with van der Waals surface area (Å²) in [5.74, 6) is 1.82. The minimum Gasteiger partial charge on any atom is -0.466 e. The zero-order valence-corrected chi connectivity index (χ0v) is 9.39. The van der Waals surface area contributed by atoms with E-state index in [1.807, 2.05) is 6.92 Å². The molecule has 0 radical (unpaired) electrons. The van der Waals surface area contributed by atoms with Gasteiger partial charge in [-0.15, -0.1) is 11.6 Å². The first kappa shape index (κ1) is 11.1. The molecule has 78 valence electrons. The van der Waals surface area contributed by atoms with E-state index < -0.39 is 0 Å². The number of rotatable bonds is 3. The van der Waals surface area contributed by atoms with Crippen LogP contribution in [0.3, 0.4) is 0 Å². The summed E-state index contributed by atoms with van der Waals surface area (Å²) in [4.78, 5) is 13.4. The lowest BCUT2D eigenvalue weighted by molar-refractivity contribution is 0.0801. The predicted molar refractivity (Wildman–Crippen MR) is 55.9 cm³/mol. The van der Waals surface area contributed by atoms with Crippen molar-refractivity contribution in [2.75, 3.05) is 19.5 Å². The highest BCUT2D eigenvalue weighted by Gasteiger charge is 2.16. The summed E-state index contributed by atoms with van der Waals surface area (Å²) in [5, 5.41) is 0. The third-order valence-corrected chi connectivity index (χ3v) is 2.21. The van der Waals surface area contributed by atoms with Gasteiger partial charge in [0.25, 0.3) is 5.91 Å². The van der Waals surface area contributed by atoms with Gasteiger partial charge in [0, 0.05) is 19.5 Å². The van der Waals surface area contributed by atoms with Crippen molar-refractivity contribution >= 4 is 17.5 Å². The fraction of sp³-hybridized carbons (Fsp3) is 0.500. The molecule has 0 spiro atoms. The molecule has 0 aliphatic heterocycles. The molecule has 0 unspecified atom stereocenters. The molecule has 3 nitrogen and oxygen atoms in total. The number of hydrogen-bond acceptors (Lipinski definition) is 2. The molecule has 1 aromatic heterocycles. The van der Waals surface area contributed by atoms with E-state index in [2.05, 4.69) is 0 Å². The number of furan rings is 1. The second-order valence-electron chi connectivity index (χ2n) is 3.24. The monoisotopic (exact) mass is 215 g/mol. The van der Waals surface area contributed by atoms with Crippen LogP contribution in [0.15, 0.2) is 10.5 Å². The van der Waals surface area contributed by atoms with E-state index in [1.54, 1.807) is 24.9 Å². The quantitative estimate of drug-likeness (QED) is 0.725. The van der Waals surface area contributed by atoms with Crippen LogP contribution >= 0.6 is 11.6 Å². The summed E-state index contributed by atoms with van der Waals surface area (Å²) in [7, 11) is 1.73. The van der Waals surface area contributed by atoms with Gasteiger partial charge in [0.05, 0.1) is 5.56 Å². The summed E-state index contributed by atoms with van der Waals surface area (Å²) in [5.41, 5.74) is 0.620. The summed E-state index contributed by atoms with van der Waals surface area (Å²) in [6.07, 6.45) is 0. The van der Waals surface area contributed by atoms with Crippen molar-refractivity contribution in [3.8, 4) is 0 Å². The van der Waals surface area contributed by atoms with E-state index in [4.69, 9.17) is 16.0 Å². The normalized spacial score (nSPS) is 10.3. The van der Waals surface area contributed by atoms with E-state index in [0.717, 1.165) is 5.76 Å². The predicted octanol–water partition coefficient (Wildman–Crippen LogP) is 2.21. The second kappa shape index (κ2) is 4.51. The van der Waals surface area contributed by atoms with Gasteiger partial charge >= 0.3 is 0 Å². The van der Waals surface area contributed by atoms with Crippen molar-refractivity contribution in [3.05, 3.63) is 23.2 Å². The number of carbonyl (C=O) groups is 1. The maximum absolute atomic E-state index is 11.8. The Bertz CT molecular complexity index is 333. The number of carbonyl (C=O) groups excluding carboxylic acids is 1. The van der Waals surface area contributed by atoms with Crippen LogP contribution in [0.5, 0.6) is 0 Å². The Morgan fingerprint density at radius 3 is 2.64 bits per heavy atom. The standard InChI is InChI=1S/C10H14ClNO2/c1-7-6-9(8(2)14-7)10(13)12(3)5-4-11/h6H,4-5H2,1-3H3. The molecular formula is C10H14ClNO2. The van der Waals surface area contributed by atoms with Gasteiger partial charge < -0.3 is 9.32 Å². The number of nitrogens with zero attached hydrogens (tertiary/aromatic N) is 1. The Morgan fingerprint density at radius 1 is 1.57 bits per heavy atom. The summed E-state index contributed by atoms with van der Waals surface area (Å²) in [6.45, 7) is 4.16. The van der Waals surface area contributed by atoms with Gasteiger partial charge in [-0.2, -0.15) is 0 Å². The minimum atomic E-state index is -0.0417. The molecule has 1 amide bonds. The van der Waals surface area contributed by atoms with Crippen molar-refractivity contribution in [2.24, 2.45) is 0 Å². The molecule has 1 aromatic rings. The van der Waals surface area contributed by atoms with Gasteiger partial charge in [0.1, 0.15) is 11.5 Å². The van der Waals surface area contributed by atoms with E-state index in [9.17, 15) is 4.79 Å². The summed E-state index contributed by atoms with van der Waals surface area (Å²) < 4.78 is 5.28. The van der Waals surface area contributed by atoms with Crippen LogP contribution in [0.4, 0.5) is 0 Å². The average Bonchev–Trinajstić information content (AvgIpc) is 2.44. The fourth-order valence-electron chi connectivity index (χ4n) is 1.28. The highest BCUT2D eigenvalue weighted by Crippen LogP contribution is 2.15. The third-order valence-electron chi connectivity index (χ3n) is 2.04. The third kappa shape index (κ3) is 2.29. The van der Waals surface area contributed by atoms with Crippen LogP contribution in [0.25, 0.3) is 0 Å². The largest absolute Gasteiger partial charge is 0.466 e. The molecule has 0 aliphatic carbocycles. The Labute approximate surface area is 88.6 Å².